The second kappa shape index (κ2) is 8.25. The molecule has 0 aliphatic carbocycles. The molecule has 4 nitrogen and oxygen atoms in total. The number of aliphatic hydroxyl groups is 1. The van der Waals surface area contributed by atoms with Crippen LogP contribution in [0.5, 0.6) is 0 Å². The molecule has 1 saturated heterocycles. The fourth-order valence-electron chi connectivity index (χ4n) is 2.73. The Hall–Kier alpha value is -1.10. The molecule has 0 spiro atoms. The summed E-state index contributed by atoms with van der Waals surface area (Å²) in [6.45, 7) is 1.19. The normalized spacial score (nSPS) is 19.5. The van der Waals surface area contributed by atoms with Crippen LogP contribution in [0.1, 0.15) is 30.9 Å². The van der Waals surface area contributed by atoms with Gasteiger partial charge in [-0.05, 0) is 31.9 Å². The molecular formula is C15H23ClN2O2. The molecule has 0 radical (unpaired) electrons. The average Bonchev–Trinajstić information content (AvgIpc) is 2.88. The highest BCUT2D eigenvalue weighted by Crippen LogP contribution is 2.27. The molecule has 1 heterocycles. The van der Waals surface area contributed by atoms with Gasteiger partial charge in [-0.2, -0.15) is 0 Å². The molecule has 5 heteroatoms. The molecule has 20 heavy (non-hydrogen) atoms. The molecule has 1 fully saturated rings. The van der Waals surface area contributed by atoms with Crippen molar-refractivity contribution in [1.82, 2.24) is 10.2 Å². The van der Waals surface area contributed by atoms with Crippen molar-refractivity contribution < 1.29 is 9.90 Å². The summed E-state index contributed by atoms with van der Waals surface area (Å²) in [5.41, 5.74) is 0.926. The number of likely N-dealkylation sites (N-methyl/N-ethyl adjacent to an activating group) is 1. The number of carbonyl (C=O) groups is 1. The van der Waals surface area contributed by atoms with Gasteiger partial charge in [-0.3, -0.25) is 4.79 Å². The Morgan fingerprint density at radius 2 is 2.15 bits per heavy atom. The maximum absolute atomic E-state index is 12.0. The molecule has 1 aliphatic rings. The van der Waals surface area contributed by atoms with E-state index < -0.39 is 6.10 Å². The lowest BCUT2D eigenvalue weighted by Gasteiger charge is -2.26. The molecule has 0 bridgehead atoms. The van der Waals surface area contributed by atoms with Crippen LogP contribution in [0.15, 0.2) is 30.3 Å². The van der Waals surface area contributed by atoms with Crippen LogP contribution in [0.4, 0.5) is 0 Å². The number of hydrogen-bond acceptors (Lipinski definition) is 3. The SMILES string of the molecule is CNCC(=O)N1CCCC1CC(O)c1ccccc1.Cl. The van der Waals surface area contributed by atoms with Gasteiger partial charge in [0, 0.05) is 12.6 Å². The van der Waals surface area contributed by atoms with Crippen LogP contribution < -0.4 is 5.32 Å². The number of hydrogen-bond donors (Lipinski definition) is 2. The largest absolute Gasteiger partial charge is 0.388 e. The molecule has 1 aromatic carbocycles. The highest BCUT2D eigenvalue weighted by atomic mass is 35.5. The van der Waals surface area contributed by atoms with E-state index in [4.69, 9.17) is 0 Å². The smallest absolute Gasteiger partial charge is 0.236 e. The summed E-state index contributed by atoms with van der Waals surface area (Å²) in [5, 5.41) is 13.2. The highest BCUT2D eigenvalue weighted by molar-refractivity contribution is 5.85. The van der Waals surface area contributed by atoms with Gasteiger partial charge in [0.2, 0.25) is 5.91 Å². The van der Waals surface area contributed by atoms with Crippen LogP contribution >= 0.6 is 12.4 Å². The Labute approximate surface area is 126 Å². The number of halogens is 1. The summed E-state index contributed by atoms with van der Waals surface area (Å²) in [6.07, 6.45) is 2.15. The lowest BCUT2D eigenvalue weighted by molar-refractivity contribution is -0.131. The van der Waals surface area contributed by atoms with Gasteiger partial charge in [-0.15, -0.1) is 12.4 Å². The quantitative estimate of drug-likeness (QED) is 0.871. The topological polar surface area (TPSA) is 52.6 Å². The third-order valence-electron chi connectivity index (χ3n) is 3.71. The Balaban J connectivity index is 0.00000200. The van der Waals surface area contributed by atoms with Gasteiger partial charge in [0.1, 0.15) is 0 Å². The predicted molar refractivity (Wildman–Crippen MR) is 81.9 cm³/mol. The molecule has 2 rings (SSSR count). The number of benzene rings is 1. The molecule has 1 amide bonds. The first kappa shape index (κ1) is 17.0. The van der Waals surface area contributed by atoms with Gasteiger partial charge < -0.3 is 15.3 Å². The maximum Gasteiger partial charge on any atom is 0.236 e. The number of amides is 1. The van der Waals surface area contributed by atoms with Crippen molar-refractivity contribution in [1.29, 1.82) is 0 Å². The van der Waals surface area contributed by atoms with Crippen LogP contribution in [0.25, 0.3) is 0 Å². The van der Waals surface area contributed by atoms with E-state index in [0.29, 0.717) is 13.0 Å². The molecule has 2 unspecified atom stereocenters. The average molecular weight is 299 g/mol. The first-order valence-electron chi connectivity index (χ1n) is 6.89. The summed E-state index contributed by atoms with van der Waals surface area (Å²) in [5.74, 6) is 0.130. The minimum Gasteiger partial charge on any atom is -0.388 e. The number of likely N-dealkylation sites (tertiary alicyclic amines) is 1. The van der Waals surface area contributed by atoms with Crippen molar-refractivity contribution in [3.63, 3.8) is 0 Å². The molecule has 1 aromatic rings. The van der Waals surface area contributed by atoms with Gasteiger partial charge in [0.25, 0.3) is 0 Å². The third-order valence-corrected chi connectivity index (χ3v) is 3.71. The van der Waals surface area contributed by atoms with E-state index in [1.165, 1.54) is 0 Å². The second-order valence-electron chi connectivity index (χ2n) is 5.08. The summed E-state index contributed by atoms with van der Waals surface area (Å²) < 4.78 is 0. The van der Waals surface area contributed by atoms with Crippen molar-refractivity contribution in [3.8, 4) is 0 Å². The van der Waals surface area contributed by atoms with E-state index in [9.17, 15) is 9.90 Å². The fraction of sp³-hybridized carbons (Fsp3) is 0.533. The third kappa shape index (κ3) is 4.20. The van der Waals surface area contributed by atoms with E-state index in [1.807, 2.05) is 35.2 Å². The van der Waals surface area contributed by atoms with Crippen LogP contribution in [-0.4, -0.2) is 42.1 Å². The maximum atomic E-state index is 12.0. The van der Waals surface area contributed by atoms with Crippen LogP contribution in [0, 0.1) is 0 Å². The fourth-order valence-corrected chi connectivity index (χ4v) is 2.73. The molecule has 0 aromatic heterocycles. The van der Waals surface area contributed by atoms with Crippen molar-refractivity contribution >= 4 is 18.3 Å². The number of rotatable bonds is 5. The van der Waals surface area contributed by atoms with E-state index in [0.717, 1.165) is 24.9 Å². The standard InChI is InChI=1S/C15H22N2O2.ClH/c1-16-11-15(19)17-9-5-8-13(17)10-14(18)12-6-3-2-4-7-12;/h2-4,6-7,13-14,16,18H,5,8-11H2,1H3;1H. The van der Waals surface area contributed by atoms with E-state index in [-0.39, 0.29) is 24.4 Å². The van der Waals surface area contributed by atoms with Crippen LogP contribution in [0.2, 0.25) is 0 Å². The molecule has 112 valence electrons. The minimum atomic E-state index is -0.491. The molecule has 1 aliphatic heterocycles. The van der Waals surface area contributed by atoms with E-state index in [2.05, 4.69) is 5.32 Å². The number of nitrogens with zero attached hydrogens (tertiary/aromatic N) is 1. The number of nitrogens with one attached hydrogen (secondary N) is 1. The summed E-state index contributed by atoms with van der Waals surface area (Å²) >= 11 is 0. The lowest BCUT2D eigenvalue weighted by Crippen LogP contribution is -2.40. The van der Waals surface area contributed by atoms with Crippen molar-refractivity contribution in [2.75, 3.05) is 20.1 Å². The van der Waals surface area contributed by atoms with Crippen LogP contribution in [0.3, 0.4) is 0 Å². The molecule has 2 atom stereocenters. The summed E-state index contributed by atoms with van der Waals surface area (Å²) in [4.78, 5) is 13.9. The monoisotopic (exact) mass is 298 g/mol. The van der Waals surface area contributed by atoms with Crippen molar-refractivity contribution in [2.45, 2.75) is 31.4 Å². The Morgan fingerprint density at radius 1 is 1.45 bits per heavy atom. The number of carbonyl (C=O) groups excluding carboxylic acids is 1. The highest BCUT2D eigenvalue weighted by Gasteiger charge is 2.30. The summed E-state index contributed by atoms with van der Waals surface area (Å²) in [7, 11) is 1.78. The molecular weight excluding hydrogens is 276 g/mol. The first-order valence-corrected chi connectivity index (χ1v) is 6.89. The number of aliphatic hydroxyl groups excluding tert-OH is 1. The Bertz CT molecular complexity index is 414. The predicted octanol–water partition coefficient (Wildman–Crippen LogP) is 1.74. The summed E-state index contributed by atoms with van der Waals surface area (Å²) in [6, 6.07) is 9.82. The van der Waals surface area contributed by atoms with Gasteiger partial charge in [-0.1, -0.05) is 30.3 Å². The zero-order chi connectivity index (χ0) is 13.7. The van der Waals surface area contributed by atoms with Gasteiger partial charge in [-0.25, -0.2) is 0 Å². The Morgan fingerprint density at radius 3 is 2.80 bits per heavy atom. The van der Waals surface area contributed by atoms with E-state index in [1.54, 1.807) is 7.05 Å². The van der Waals surface area contributed by atoms with Crippen molar-refractivity contribution in [2.24, 2.45) is 0 Å². The van der Waals surface area contributed by atoms with Gasteiger partial charge in [0.15, 0.2) is 0 Å². The van der Waals surface area contributed by atoms with Gasteiger partial charge >= 0.3 is 0 Å². The molecule has 0 saturated carbocycles. The zero-order valence-electron chi connectivity index (χ0n) is 11.8. The first-order chi connectivity index (χ1) is 9.22. The lowest BCUT2D eigenvalue weighted by atomic mass is 10.0. The van der Waals surface area contributed by atoms with E-state index >= 15 is 0 Å². The zero-order valence-corrected chi connectivity index (χ0v) is 12.6. The van der Waals surface area contributed by atoms with Gasteiger partial charge in [0.05, 0.1) is 12.6 Å². The van der Waals surface area contributed by atoms with Crippen LogP contribution in [-0.2, 0) is 4.79 Å². The minimum absolute atomic E-state index is 0. The second-order valence-corrected chi connectivity index (χ2v) is 5.08. The molecule has 2 N–H and O–H groups in total. The van der Waals surface area contributed by atoms with Crippen molar-refractivity contribution in [3.05, 3.63) is 35.9 Å². The Kier molecular flexibility index (Phi) is 6.99.